The topological polar surface area (TPSA) is 56.0 Å². The molecule has 2 aromatic carbocycles. The van der Waals surface area contributed by atoms with E-state index < -0.39 is 5.25 Å². The highest BCUT2D eigenvalue weighted by Gasteiger charge is 2.19. The molecule has 0 aliphatic rings. The Balaban J connectivity index is 1.76. The maximum Gasteiger partial charge on any atom is 0.252 e. The number of carbonyl (C=O) groups excluding carboxylic acids is 1. The fourth-order valence-electron chi connectivity index (χ4n) is 2.43. The number of nitrogens with zero attached hydrogens (tertiary/aromatic N) is 1. The van der Waals surface area contributed by atoms with Crippen LogP contribution in [0, 0.1) is 5.21 Å². The Morgan fingerprint density at radius 3 is 2.44 bits per heavy atom. The molecule has 1 heterocycles. The van der Waals surface area contributed by atoms with E-state index in [2.05, 4.69) is 5.32 Å². The standard InChI is InChI=1S/C20H18N2O2S/c1-15(25-19-13-7-8-14-22(19)24)20(23)21-18-12-6-5-11-17(18)16-9-3-2-4-10-16/h2-15H,1H3,(H,21,23)/t15-/m0/s1. The van der Waals surface area contributed by atoms with Crippen LogP contribution in [0.1, 0.15) is 6.92 Å². The summed E-state index contributed by atoms with van der Waals surface area (Å²) < 4.78 is 0.770. The van der Waals surface area contributed by atoms with E-state index in [1.807, 2.05) is 54.6 Å². The number of pyridine rings is 1. The van der Waals surface area contributed by atoms with Gasteiger partial charge in [-0.05, 0) is 36.4 Å². The van der Waals surface area contributed by atoms with Gasteiger partial charge in [0.2, 0.25) is 5.91 Å². The zero-order chi connectivity index (χ0) is 17.6. The Hall–Kier alpha value is -2.79. The molecule has 0 fully saturated rings. The molecule has 4 nitrogen and oxygen atoms in total. The third-order valence-electron chi connectivity index (χ3n) is 3.73. The van der Waals surface area contributed by atoms with Gasteiger partial charge in [-0.25, -0.2) is 0 Å². The van der Waals surface area contributed by atoms with Crippen molar-refractivity contribution in [2.75, 3.05) is 5.32 Å². The molecule has 126 valence electrons. The van der Waals surface area contributed by atoms with Gasteiger partial charge < -0.3 is 10.5 Å². The van der Waals surface area contributed by atoms with Crippen LogP contribution in [0.2, 0.25) is 0 Å². The highest BCUT2D eigenvalue weighted by Crippen LogP contribution is 2.28. The van der Waals surface area contributed by atoms with Crippen molar-refractivity contribution < 1.29 is 9.52 Å². The summed E-state index contributed by atoms with van der Waals surface area (Å²) in [5.74, 6) is -0.141. The van der Waals surface area contributed by atoms with E-state index in [0.29, 0.717) is 5.03 Å². The highest BCUT2D eigenvalue weighted by atomic mass is 32.2. The molecular formula is C20H18N2O2S. The SMILES string of the molecule is C[C@H](Sc1cccc[n+]1[O-])C(=O)Nc1ccccc1-c1ccccc1. The predicted octanol–water partition coefficient (Wildman–Crippen LogP) is 4.11. The van der Waals surface area contributed by atoms with Crippen molar-refractivity contribution in [3.8, 4) is 11.1 Å². The number of aromatic nitrogens is 1. The lowest BCUT2D eigenvalue weighted by atomic mass is 10.0. The van der Waals surface area contributed by atoms with Crippen LogP contribution in [0.5, 0.6) is 0 Å². The smallest absolute Gasteiger partial charge is 0.252 e. The van der Waals surface area contributed by atoms with Crippen molar-refractivity contribution in [3.63, 3.8) is 0 Å². The van der Waals surface area contributed by atoms with Crippen LogP contribution in [0.15, 0.2) is 84.0 Å². The van der Waals surface area contributed by atoms with Crippen LogP contribution < -0.4 is 10.0 Å². The zero-order valence-corrected chi connectivity index (χ0v) is 14.6. The summed E-state index contributed by atoms with van der Waals surface area (Å²) in [5, 5.41) is 14.8. The Labute approximate surface area is 151 Å². The largest absolute Gasteiger partial charge is 0.618 e. The molecule has 1 amide bonds. The molecule has 0 aliphatic carbocycles. The first-order valence-corrected chi connectivity index (χ1v) is 8.83. The van der Waals surface area contributed by atoms with Gasteiger partial charge in [0.15, 0.2) is 6.20 Å². The van der Waals surface area contributed by atoms with E-state index in [9.17, 15) is 10.0 Å². The molecular weight excluding hydrogens is 332 g/mol. The summed E-state index contributed by atoms with van der Waals surface area (Å²) in [6.45, 7) is 1.79. The minimum Gasteiger partial charge on any atom is -0.618 e. The van der Waals surface area contributed by atoms with Crippen LogP contribution in [0.3, 0.4) is 0 Å². The second-order valence-corrected chi connectivity index (χ2v) is 6.89. The van der Waals surface area contributed by atoms with Crippen molar-refractivity contribution >= 4 is 23.4 Å². The van der Waals surface area contributed by atoms with Gasteiger partial charge >= 0.3 is 0 Å². The average Bonchev–Trinajstić information content (AvgIpc) is 2.64. The lowest BCUT2D eigenvalue weighted by molar-refractivity contribution is -0.645. The van der Waals surface area contributed by atoms with Crippen molar-refractivity contribution in [2.45, 2.75) is 17.2 Å². The lowest BCUT2D eigenvalue weighted by Crippen LogP contribution is -2.30. The molecule has 1 atom stereocenters. The summed E-state index contributed by atoms with van der Waals surface area (Å²) in [5.41, 5.74) is 2.76. The number of hydrogen-bond donors (Lipinski definition) is 1. The van der Waals surface area contributed by atoms with Gasteiger partial charge in [-0.1, -0.05) is 48.5 Å². The van der Waals surface area contributed by atoms with Crippen molar-refractivity contribution in [2.24, 2.45) is 0 Å². The van der Waals surface area contributed by atoms with Crippen molar-refractivity contribution in [1.82, 2.24) is 0 Å². The normalized spacial score (nSPS) is 11.7. The monoisotopic (exact) mass is 350 g/mol. The fourth-order valence-corrected chi connectivity index (χ4v) is 3.28. The number of amides is 1. The van der Waals surface area contributed by atoms with Crippen LogP contribution in [-0.4, -0.2) is 11.2 Å². The van der Waals surface area contributed by atoms with E-state index in [0.717, 1.165) is 21.5 Å². The van der Waals surface area contributed by atoms with Gasteiger partial charge in [-0.15, -0.1) is 0 Å². The number of para-hydroxylation sites is 1. The molecule has 0 radical (unpaired) electrons. The van der Waals surface area contributed by atoms with E-state index >= 15 is 0 Å². The Kier molecular flexibility index (Phi) is 5.36. The summed E-state index contributed by atoms with van der Waals surface area (Å²) >= 11 is 1.24. The minimum absolute atomic E-state index is 0.141. The Morgan fingerprint density at radius 1 is 1.00 bits per heavy atom. The quantitative estimate of drug-likeness (QED) is 0.428. The number of anilines is 1. The Bertz CT molecular complexity index is 868. The van der Waals surface area contributed by atoms with Crippen molar-refractivity contribution in [3.05, 3.63) is 84.2 Å². The third-order valence-corrected chi connectivity index (χ3v) is 4.85. The van der Waals surface area contributed by atoms with Gasteiger partial charge in [0, 0.05) is 23.4 Å². The van der Waals surface area contributed by atoms with Crippen LogP contribution >= 0.6 is 11.8 Å². The number of nitrogens with one attached hydrogen (secondary N) is 1. The summed E-state index contributed by atoms with van der Waals surface area (Å²) in [6.07, 6.45) is 1.43. The molecule has 25 heavy (non-hydrogen) atoms. The zero-order valence-electron chi connectivity index (χ0n) is 13.8. The maximum atomic E-state index is 12.6. The summed E-state index contributed by atoms with van der Waals surface area (Å²) in [6, 6.07) is 22.8. The summed E-state index contributed by atoms with van der Waals surface area (Å²) in [4.78, 5) is 12.6. The lowest BCUT2D eigenvalue weighted by Gasteiger charge is -2.14. The third kappa shape index (κ3) is 4.19. The van der Waals surface area contributed by atoms with E-state index in [-0.39, 0.29) is 5.91 Å². The number of thioether (sulfide) groups is 1. The second kappa shape index (κ2) is 7.85. The molecule has 0 saturated heterocycles. The molecule has 0 bridgehead atoms. The number of carbonyl (C=O) groups is 1. The first kappa shape index (κ1) is 17.0. The number of hydrogen-bond acceptors (Lipinski definition) is 3. The number of benzene rings is 2. The minimum atomic E-state index is -0.397. The fraction of sp³-hybridized carbons (Fsp3) is 0.100. The van der Waals surface area contributed by atoms with Crippen LogP contribution in [0.25, 0.3) is 11.1 Å². The Morgan fingerprint density at radius 2 is 1.68 bits per heavy atom. The molecule has 0 saturated carbocycles. The average molecular weight is 350 g/mol. The first-order valence-electron chi connectivity index (χ1n) is 7.95. The molecule has 5 heteroatoms. The van der Waals surface area contributed by atoms with Crippen LogP contribution in [0.4, 0.5) is 5.69 Å². The molecule has 1 aromatic heterocycles. The molecule has 1 N–H and O–H groups in total. The first-order chi connectivity index (χ1) is 12.1. The van der Waals surface area contributed by atoms with Gasteiger partial charge in [-0.3, -0.25) is 4.79 Å². The van der Waals surface area contributed by atoms with E-state index in [1.165, 1.54) is 18.0 Å². The summed E-state index contributed by atoms with van der Waals surface area (Å²) in [7, 11) is 0. The van der Waals surface area contributed by atoms with Gasteiger partial charge in [0.05, 0.1) is 5.25 Å². The molecule has 0 spiro atoms. The van der Waals surface area contributed by atoms with E-state index in [1.54, 1.807) is 25.1 Å². The second-order valence-electron chi connectivity index (χ2n) is 5.53. The number of rotatable bonds is 5. The molecule has 3 rings (SSSR count). The van der Waals surface area contributed by atoms with Crippen molar-refractivity contribution in [1.29, 1.82) is 0 Å². The van der Waals surface area contributed by atoms with Gasteiger partial charge in [0.25, 0.3) is 5.03 Å². The predicted molar refractivity (Wildman–Crippen MR) is 101 cm³/mol. The maximum absolute atomic E-state index is 12.6. The highest BCUT2D eigenvalue weighted by molar-refractivity contribution is 8.00. The van der Waals surface area contributed by atoms with Gasteiger partial charge in [0.1, 0.15) is 0 Å². The molecule has 0 unspecified atom stereocenters. The molecule has 0 aliphatic heterocycles. The van der Waals surface area contributed by atoms with Gasteiger partial charge in [-0.2, -0.15) is 4.73 Å². The van der Waals surface area contributed by atoms with Crippen LogP contribution in [-0.2, 0) is 4.79 Å². The van der Waals surface area contributed by atoms with E-state index in [4.69, 9.17) is 0 Å². The molecule has 3 aromatic rings.